The van der Waals surface area contributed by atoms with Gasteiger partial charge in [-0.2, -0.15) is 0 Å². The molecule has 3 N–H and O–H groups in total. The monoisotopic (exact) mass is 459 g/mol. The van der Waals surface area contributed by atoms with Crippen LogP contribution in [0.2, 0.25) is 0 Å². The minimum atomic E-state index is -1.26. The van der Waals surface area contributed by atoms with Crippen LogP contribution in [0.5, 0.6) is 5.88 Å². The van der Waals surface area contributed by atoms with Crippen molar-refractivity contribution in [2.45, 2.75) is 76.8 Å². The molecule has 2 heterocycles. The molecule has 0 saturated heterocycles. The van der Waals surface area contributed by atoms with Crippen LogP contribution < -0.4 is 10.1 Å². The smallest absolute Gasteiger partial charge is 0.328 e. The lowest BCUT2D eigenvalue weighted by Gasteiger charge is -2.54. The standard InChI is InChI=1S/C21H33N3O.C4H4O4/c1-3-7-24-19(5-1)14-20(23-24)25-8-4-2-6-22-21-17-10-15-9-16(12-17)13-18(21)11-15;5-3(6)1-2-4(7)8/h14-18,21-22H,1-13H2;1-2H,(H,5,6)(H,7,8). The number of hydrogen-bond donors (Lipinski definition) is 3. The zero-order valence-electron chi connectivity index (χ0n) is 19.3. The third kappa shape index (κ3) is 6.59. The minimum Gasteiger partial charge on any atom is -0.478 e. The number of nitrogens with one attached hydrogen (secondary N) is 1. The summed E-state index contributed by atoms with van der Waals surface area (Å²) in [7, 11) is 0. The first-order valence-corrected chi connectivity index (χ1v) is 12.5. The molecule has 0 radical (unpaired) electrons. The predicted octanol–water partition coefficient (Wildman–Crippen LogP) is 3.50. The summed E-state index contributed by atoms with van der Waals surface area (Å²) in [4.78, 5) is 19.1. The highest BCUT2D eigenvalue weighted by molar-refractivity contribution is 5.89. The number of carbonyl (C=O) groups is 2. The molecule has 0 unspecified atom stereocenters. The Morgan fingerprint density at radius 3 is 2.30 bits per heavy atom. The van der Waals surface area contributed by atoms with Crippen LogP contribution in [0.1, 0.15) is 63.5 Å². The summed E-state index contributed by atoms with van der Waals surface area (Å²) in [6.45, 7) is 3.03. The van der Waals surface area contributed by atoms with Crippen molar-refractivity contribution < 1.29 is 24.5 Å². The van der Waals surface area contributed by atoms with Gasteiger partial charge in [-0.25, -0.2) is 9.59 Å². The Labute approximate surface area is 195 Å². The fraction of sp³-hybridized carbons (Fsp3) is 0.720. The molecular formula is C25H37N3O5. The number of ether oxygens (including phenoxy) is 1. The maximum atomic E-state index is 9.55. The van der Waals surface area contributed by atoms with E-state index in [0.717, 1.165) is 68.1 Å². The number of aryl methyl sites for hydroxylation is 2. The Bertz CT molecular complexity index is 782. The zero-order valence-corrected chi connectivity index (χ0v) is 19.3. The highest BCUT2D eigenvalue weighted by Gasteiger charge is 2.47. The first-order valence-electron chi connectivity index (χ1n) is 12.5. The van der Waals surface area contributed by atoms with Crippen LogP contribution in [-0.4, -0.2) is 51.1 Å². The summed E-state index contributed by atoms with van der Waals surface area (Å²) in [5, 5.41) is 24.1. The number of hydrogen-bond acceptors (Lipinski definition) is 5. The van der Waals surface area contributed by atoms with E-state index in [0.29, 0.717) is 12.2 Å². The van der Waals surface area contributed by atoms with Gasteiger partial charge in [0.1, 0.15) is 0 Å². The number of carboxylic acid groups (broad SMARTS) is 2. The van der Waals surface area contributed by atoms with E-state index in [9.17, 15) is 9.59 Å². The quantitative estimate of drug-likeness (QED) is 0.382. The summed E-state index contributed by atoms with van der Waals surface area (Å²) in [5.41, 5.74) is 1.35. The lowest BCUT2D eigenvalue weighted by atomic mass is 9.54. The molecule has 0 spiro atoms. The van der Waals surface area contributed by atoms with E-state index >= 15 is 0 Å². The molecule has 8 heteroatoms. The predicted molar refractivity (Wildman–Crippen MR) is 123 cm³/mol. The Kier molecular flexibility index (Phi) is 8.06. The Morgan fingerprint density at radius 1 is 1.03 bits per heavy atom. The average Bonchev–Trinajstić information content (AvgIpc) is 3.19. The summed E-state index contributed by atoms with van der Waals surface area (Å²) < 4.78 is 8.02. The van der Waals surface area contributed by atoms with Gasteiger partial charge < -0.3 is 20.3 Å². The van der Waals surface area contributed by atoms with Gasteiger partial charge in [0, 0.05) is 36.5 Å². The number of aliphatic carboxylic acids is 2. The number of aromatic nitrogens is 2. The van der Waals surface area contributed by atoms with E-state index < -0.39 is 11.9 Å². The van der Waals surface area contributed by atoms with Crippen LogP contribution >= 0.6 is 0 Å². The van der Waals surface area contributed by atoms with E-state index in [1.54, 1.807) is 6.42 Å². The fourth-order valence-electron chi connectivity index (χ4n) is 6.54. The molecule has 6 rings (SSSR count). The molecule has 4 fully saturated rings. The van der Waals surface area contributed by atoms with Gasteiger partial charge >= 0.3 is 11.9 Å². The SMILES string of the molecule is O=C(O)C=CC(=O)O.c1c(OCCCCNC2C3CC4CC(C3)CC2C4)nn2c1CCCC2. The topological polar surface area (TPSA) is 114 Å². The lowest BCUT2D eigenvalue weighted by molar-refractivity contribution is -0.134. The third-order valence-corrected chi connectivity index (χ3v) is 7.69. The van der Waals surface area contributed by atoms with E-state index in [1.807, 2.05) is 0 Å². The first kappa shape index (κ1) is 23.8. The van der Waals surface area contributed by atoms with Crippen LogP contribution in [0, 0.1) is 23.7 Å². The second-order valence-electron chi connectivity index (χ2n) is 10.1. The highest BCUT2D eigenvalue weighted by Crippen LogP contribution is 2.53. The second kappa shape index (κ2) is 11.2. The number of unbranched alkanes of at least 4 members (excludes halogenated alkanes) is 1. The van der Waals surface area contributed by atoms with E-state index in [1.165, 1.54) is 50.6 Å². The lowest BCUT2D eigenvalue weighted by Crippen LogP contribution is -2.54. The molecule has 1 aromatic rings. The molecule has 0 atom stereocenters. The molecule has 1 aromatic heterocycles. The van der Waals surface area contributed by atoms with E-state index in [2.05, 4.69) is 21.2 Å². The van der Waals surface area contributed by atoms with Crippen molar-refractivity contribution in [2.75, 3.05) is 13.2 Å². The van der Waals surface area contributed by atoms with Gasteiger partial charge in [0.25, 0.3) is 0 Å². The number of fused-ring (bicyclic) bond motifs is 1. The Balaban J connectivity index is 0.000000281. The normalized spacial score (nSPS) is 29.4. The van der Waals surface area contributed by atoms with Gasteiger partial charge in [0.15, 0.2) is 0 Å². The summed E-state index contributed by atoms with van der Waals surface area (Å²) in [6, 6.07) is 2.97. The molecule has 0 aromatic carbocycles. The molecular weight excluding hydrogens is 422 g/mol. The van der Waals surface area contributed by atoms with Gasteiger partial charge in [-0.1, -0.05) is 0 Å². The zero-order chi connectivity index (χ0) is 23.2. The van der Waals surface area contributed by atoms with Gasteiger partial charge in [0.2, 0.25) is 5.88 Å². The van der Waals surface area contributed by atoms with Crippen molar-refractivity contribution in [2.24, 2.45) is 23.7 Å². The molecule has 4 saturated carbocycles. The summed E-state index contributed by atoms with van der Waals surface area (Å²) >= 11 is 0. The molecule has 0 amide bonds. The van der Waals surface area contributed by atoms with Crippen LogP contribution in [-0.2, 0) is 22.6 Å². The van der Waals surface area contributed by atoms with Crippen molar-refractivity contribution in [3.63, 3.8) is 0 Å². The van der Waals surface area contributed by atoms with Crippen molar-refractivity contribution in [1.29, 1.82) is 0 Å². The molecule has 33 heavy (non-hydrogen) atoms. The van der Waals surface area contributed by atoms with E-state index in [4.69, 9.17) is 14.9 Å². The largest absolute Gasteiger partial charge is 0.478 e. The third-order valence-electron chi connectivity index (χ3n) is 7.69. The van der Waals surface area contributed by atoms with Crippen molar-refractivity contribution in [3.05, 3.63) is 23.9 Å². The summed E-state index contributed by atoms with van der Waals surface area (Å²) in [5.74, 6) is 2.46. The maximum Gasteiger partial charge on any atom is 0.328 e. The van der Waals surface area contributed by atoms with Gasteiger partial charge in [-0.3, -0.25) is 4.68 Å². The van der Waals surface area contributed by atoms with Crippen LogP contribution in [0.4, 0.5) is 0 Å². The molecule has 4 aliphatic carbocycles. The molecule has 4 bridgehead atoms. The average molecular weight is 460 g/mol. The molecule has 5 aliphatic rings. The molecule has 1 aliphatic heterocycles. The molecule has 8 nitrogen and oxygen atoms in total. The van der Waals surface area contributed by atoms with Gasteiger partial charge in [0.05, 0.1) is 6.61 Å². The van der Waals surface area contributed by atoms with Crippen molar-refractivity contribution >= 4 is 11.9 Å². The first-order chi connectivity index (χ1) is 16.0. The van der Waals surface area contributed by atoms with Gasteiger partial charge in [-0.05, 0) is 94.4 Å². The molecule has 182 valence electrons. The Hall–Kier alpha value is -2.35. The number of nitrogens with zero attached hydrogens (tertiary/aromatic N) is 2. The van der Waals surface area contributed by atoms with E-state index in [-0.39, 0.29) is 0 Å². The Morgan fingerprint density at radius 2 is 1.70 bits per heavy atom. The summed E-state index contributed by atoms with van der Waals surface area (Å²) in [6.07, 6.45) is 14.8. The fourth-order valence-corrected chi connectivity index (χ4v) is 6.54. The van der Waals surface area contributed by atoms with Crippen LogP contribution in [0.25, 0.3) is 0 Å². The minimum absolute atomic E-state index is 0.558. The van der Waals surface area contributed by atoms with Crippen molar-refractivity contribution in [1.82, 2.24) is 15.1 Å². The van der Waals surface area contributed by atoms with Crippen LogP contribution in [0.3, 0.4) is 0 Å². The highest BCUT2D eigenvalue weighted by atomic mass is 16.5. The number of carboxylic acids is 2. The number of rotatable bonds is 9. The van der Waals surface area contributed by atoms with Crippen LogP contribution in [0.15, 0.2) is 18.2 Å². The van der Waals surface area contributed by atoms with Gasteiger partial charge in [-0.15, -0.1) is 5.10 Å². The maximum absolute atomic E-state index is 9.55. The second-order valence-corrected chi connectivity index (χ2v) is 10.1. The van der Waals surface area contributed by atoms with Crippen molar-refractivity contribution in [3.8, 4) is 5.88 Å².